The molecule has 1 heterocycles. The van der Waals surface area contributed by atoms with Gasteiger partial charge in [0.15, 0.2) is 23.3 Å². The average Bonchev–Trinajstić information content (AvgIpc) is 3.09. The number of likely N-dealkylation sites (N-methyl/N-ethyl adjacent to an activating group) is 1. The fourth-order valence-corrected chi connectivity index (χ4v) is 3.80. The number of anilines is 1. The Labute approximate surface area is 213 Å². The summed E-state index contributed by atoms with van der Waals surface area (Å²) < 4.78 is 10.7. The largest absolute Gasteiger partial charge is 0.493 e. The van der Waals surface area contributed by atoms with Crippen LogP contribution in [0.1, 0.15) is 26.3 Å². The predicted molar refractivity (Wildman–Crippen MR) is 139 cm³/mol. The lowest BCUT2D eigenvalue weighted by Crippen LogP contribution is -2.25. The van der Waals surface area contributed by atoms with Crippen LogP contribution in [0.2, 0.25) is 0 Å². The minimum absolute atomic E-state index is 0.195. The van der Waals surface area contributed by atoms with E-state index in [2.05, 4.69) is 10.5 Å². The first-order valence-electron chi connectivity index (χ1n) is 10.9. The highest BCUT2D eigenvalue weighted by atomic mass is 32.2. The van der Waals surface area contributed by atoms with Crippen molar-refractivity contribution in [3.05, 3.63) is 52.9 Å². The Bertz CT molecular complexity index is 1220. The minimum atomic E-state index is -0.618. The zero-order chi connectivity index (χ0) is 26.5. The molecule has 1 fully saturated rings. The molecular weight excluding hydrogens is 484 g/mol. The van der Waals surface area contributed by atoms with E-state index in [0.29, 0.717) is 38.5 Å². The van der Waals surface area contributed by atoms with E-state index in [1.807, 2.05) is 0 Å². The van der Waals surface area contributed by atoms with Crippen LogP contribution in [-0.2, 0) is 19.2 Å². The Hall–Kier alpha value is -3.99. The molecule has 1 aliphatic heterocycles. The standard InChI is InChI=1S/C25H28N4O6S/c1-25(2,3)23(32)35-28-17-9-7-16(8-10-17)27-24-29(4)22(31)20(36-24)13-15-6-11-18(19(12-15)33-5)34-14-21(26)30/h6-13,28H,14H2,1-5H3,(H2,26,30). The summed E-state index contributed by atoms with van der Waals surface area (Å²) in [6.07, 6.45) is 1.73. The Kier molecular flexibility index (Phi) is 8.25. The van der Waals surface area contributed by atoms with E-state index >= 15 is 0 Å². The van der Waals surface area contributed by atoms with Gasteiger partial charge in [0, 0.05) is 7.05 Å². The molecule has 3 N–H and O–H groups in total. The van der Waals surface area contributed by atoms with Gasteiger partial charge < -0.3 is 20.0 Å². The van der Waals surface area contributed by atoms with Crippen LogP contribution in [0.4, 0.5) is 11.4 Å². The summed E-state index contributed by atoms with van der Waals surface area (Å²) in [6.45, 7) is 5.03. The van der Waals surface area contributed by atoms with Crippen molar-refractivity contribution in [2.75, 3.05) is 26.2 Å². The number of carbonyl (C=O) groups is 3. The van der Waals surface area contributed by atoms with Crippen molar-refractivity contribution in [2.45, 2.75) is 20.8 Å². The van der Waals surface area contributed by atoms with Gasteiger partial charge >= 0.3 is 5.97 Å². The first kappa shape index (κ1) is 26.6. The zero-order valence-electron chi connectivity index (χ0n) is 20.7. The summed E-state index contributed by atoms with van der Waals surface area (Å²) in [5, 5.41) is 0.513. The van der Waals surface area contributed by atoms with Gasteiger partial charge in [-0.2, -0.15) is 0 Å². The molecule has 0 unspecified atom stereocenters. The van der Waals surface area contributed by atoms with Crippen molar-refractivity contribution in [3.8, 4) is 11.5 Å². The molecule has 1 saturated heterocycles. The number of hydrogen-bond acceptors (Lipinski definition) is 9. The van der Waals surface area contributed by atoms with E-state index in [0.717, 1.165) is 0 Å². The number of nitrogens with two attached hydrogens (primary N) is 1. The molecule has 2 amide bonds. The molecular formula is C25H28N4O6S. The van der Waals surface area contributed by atoms with Crippen LogP contribution in [0, 0.1) is 5.41 Å². The Morgan fingerprint density at radius 2 is 1.83 bits per heavy atom. The molecule has 11 heteroatoms. The van der Waals surface area contributed by atoms with Crippen molar-refractivity contribution in [3.63, 3.8) is 0 Å². The van der Waals surface area contributed by atoms with E-state index < -0.39 is 11.3 Å². The highest BCUT2D eigenvalue weighted by molar-refractivity contribution is 8.18. The zero-order valence-corrected chi connectivity index (χ0v) is 21.5. The lowest BCUT2D eigenvalue weighted by Gasteiger charge is -2.16. The topological polar surface area (TPSA) is 133 Å². The van der Waals surface area contributed by atoms with Crippen LogP contribution in [0.3, 0.4) is 0 Å². The van der Waals surface area contributed by atoms with E-state index in [9.17, 15) is 14.4 Å². The third-order valence-corrected chi connectivity index (χ3v) is 5.89. The van der Waals surface area contributed by atoms with Crippen molar-refractivity contribution in [1.29, 1.82) is 0 Å². The van der Waals surface area contributed by atoms with Crippen molar-refractivity contribution in [1.82, 2.24) is 4.90 Å². The van der Waals surface area contributed by atoms with E-state index in [1.54, 1.807) is 76.4 Å². The molecule has 190 valence electrons. The number of nitrogens with one attached hydrogen (secondary N) is 1. The Balaban J connectivity index is 1.72. The number of primary amides is 1. The molecule has 3 rings (SSSR count). The van der Waals surface area contributed by atoms with Gasteiger partial charge in [0.1, 0.15) is 0 Å². The molecule has 2 aromatic rings. The molecule has 1 aliphatic rings. The van der Waals surface area contributed by atoms with Gasteiger partial charge in [-0.15, -0.1) is 0 Å². The highest BCUT2D eigenvalue weighted by Gasteiger charge is 2.30. The van der Waals surface area contributed by atoms with Crippen LogP contribution in [-0.4, -0.2) is 48.6 Å². The first-order chi connectivity index (χ1) is 17.0. The number of nitrogens with zero attached hydrogens (tertiary/aromatic N) is 2. The molecule has 0 atom stereocenters. The maximum Gasteiger partial charge on any atom is 0.337 e. The average molecular weight is 513 g/mol. The monoisotopic (exact) mass is 512 g/mol. The van der Waals surface area contributed by atoms with E-state index in [4.69, 9.17) is 20.0 Å². The Morgan fingerprint density at radius 1 is 1.14 bits per heavy atom. The van der Waals surface area contributed by atoms with Crippen LogP contribution in [0.5, 0.6) is 11.5 Å². The number of hydrogen-bond donors (Lipinski definition) is 2. The molecule has 0 aliphatic carbocycles. The molecule has 0 spiro atoms. The predicted octanol–water partition coefficient (Wildman–Crippen LogP) is 3.71. The van der Waals surface area contributed by atoms with Gasteiger partial charge in [-0.25, -0.2) is 15.3 Å². The van der Waals surface area contributed by atoms with Gasteiger partial charge in [0.05, 0.1) is 28.8 Å². The van der Waals surface area contributed by atoms with Gasteiger partial charge in [0.2, 0.25) is 0 Å². The fraction of sp³-hybridized carbons (Fsp3) is 0.280. The van der Waals surface area contributed by atoms with Crippen molar-refractivity contribution >= 4 is 52.2 Å². The second-order valence-corrected chi connectivity index (χ2v) is 9.83. The maximum absolute atomic E-state index is 12.8. The van der Waals surface area contributed by atoms with Gasteiger partial charge in [-0.1, -0.05) is 6.07 Å². The fourth-order valence-electron chi connectivity index (χ4n) is 2.82. The second-order valence-electron chi connectivity index (χ2n) is 8.82. The Morgan fingerprint density at radius 3 is 2.44 bits per heavy atom. The molecule has 0 bridgehead atoms. The minimum Gasteiger partial charge on any atom is -0.493 e. The first-order valence-corrected chi connectivity index (χ1v) is 11.7. The van der Waals surface area contributed by atoms with Crippen LogP contribution >= 0.6 is 11.8 Å². The normalized spacial score (nSPS) is 15.8. The molecule has 0 radical (unpaired) electrons. The van der Waals surface area contributed by atoms with Crippen LogP contribution < -0.4 is 20.7 Å². The highest BCUT2D eigenvalue weighted by Crippen LogP contribution is 2.35. The number of benzene rings is 2. The SMILES string of the molecule is COc1cc(C=C2SC(=Nc3ccc(NOC(=O)C(C)(C)C)cc3)N(C)C2=O)ccc1OCC(N)=O. The molecule has 36 heavy (non-hydrogen) atoms. The number of methoxy groups -OCH3 is 1. The summed E-state index contributed by atoms with van der Waals surface area (Å²) in [5.41, 5.74) is 9.07. The quantitative estimate of drug-likeness (QED) is 0.404. The molecule has 2 aromatic carbocycles. The number of thioether (sulfide) groups is 1. The summed E-state index contributed by atoms with van der Waals surface area (Å²) in [6, 6.07) is 12.0. The lowest BCUT2D eigenvalue weighted by molar-refractivity contribution is -0.149. The maximum atomic E-state index is 12.8. The molecule has 10 nitrogen and oxygen atoms in total. The summed E-state index contributed by atoms with van der Waals surface area (Å²) in [7, 11) is 3.13. The van der Waals surface area contributed by atoms with Crippen LogP contribution in [0.25, 0.3) is 6.08 Å². The van der Waals surface area contributed by atoms with E-state index in [-0.39, 0.29) is 18.5 Å². The van der Waals surface area contributed by atoms with Crippen molar-refractivity contribution in [2.24, 2.45) is 16.1 Å². The summed E-state index contributed by atoms with van der Waals surface area (Å²) in [5.74, 6) is -0.390. The number of carbonyl (C=O) groups excluding carboxylic acids is 3. The number of amides is 2. The number of rotatable bonds is 8. The van der Waals surface area contributed by atoms with Crippen LogP contribution in [0.15, 0.2) is 52.4 Å². The summed E-state index contributed by atoms with van der Waals surface area (Å²) in [4.78, 5) is 47.2. The molecule has 0 aromatic heterocycles. The number of aliphatic imine (C=N–C) groups is 1. The van der Waals surface area contributed by atoms with E-state index in [1.165, 1.54) is 23.8 Å². The number of ether oxygens (including phenoxy) is 2. The second kappa shape index (κ2) is 11.2. The van der Waals surface area contributed by atoms with Crippen molar-refractivity contribution < 1.29 is 28.7 Å². The smallest absolute Gasteiger partial charge is 0.337 e. The lowest BCUT2D eigenvalue weighted by atomic mass is 9.98. The van der Waals surface area contributed by atoms with Gasteiger partial charge in [0.25, 0.3) is 11.8 Å². The third-order valence-electron chi connectivity index (χ3n) is 4.82. The van der Waals surface area contributed by atoms with Gasteiger partial charge in [-0.05, 0) is 80.6 Å². The molecule has 0 saturated carbocycles. The van der Waals surface area contributed by atoms with Gasteiger partial charge in [-0.3, -0.25) is 14.5 Å². The summed E-state index contributed by atoms with van der Waals surface area (Å²) >= 11 is 1.24. The number of amidine groups is 1. The third kappa shape index (κ3) is 6.79.